The molecule has 22 heavy (non-hydrogen) atoms. The summed E-state index contributed by atoms with van der Waals surface area (Å²) in [6, 6.07) is 15.1. The van der Waals surface area contributed by atoms with Gasteiger partial charge in [0.05, 0.1) is 10.0 Å². The van der Waals surface area contributed by atoms with Gasteiger partial charge >= 0.3 is 0 Å². The maximum absolute atomic E-state index is 12.0. The van der Waals surface area contributed by atoms with Crippen LogP contribution in [0.15, 0.2) is 69.8 Å². The number of nitrogens with one attached hydrogen (secondary N) is 1. The molecular weight excluding hydrogens is 362 g/mol. The van der Waals surface area contributed by atoms with Crippen LogP contribution in [-0.4, -0.2) is 16.7 Å². The molecule has 1 N–H and O–H groups in total. The van der Waals surface area contributed by atoms with E-state index in [1.54, 1.807) is 29.7 Å². The van der Waals surface area contributed by atoms with Crippen LogP contribution >= 0.6 is 27.3 Å². The SMILES string of the molecule is O=C(N/N=C/c1ccc(Br)s1)c1ccc(-n2cccc2)cc1. The summed E-state index contributed by atoms with van der Waals surface area (Å²) in [7, 11) is 0. The van der Waals surface area contributed by atoms with E-state index in [0.717, 1.165) is 14.4 Å². The molecule has 2 heterocycles. The normalized spacial score (nSPS) is 11.0. The molecule has 0 bridgehead atoms. The minimum atomic E-state index is -0.231. The minimum absolute atomic E-state index is 0.231. The van der Waals surface area contributed by atoms with Crippen molar-refractivity contribution in [3.63, 3.8) is 0 Å². The number of amides is 1. The fourth-order valence-electron chi connectivity index (χ4n) is 1.91. The second kappa shape index (κ2) is 6.72. The number of nitrogens with zero attached hydrogens (tertiary/aromatic N) is 2. The summed E-state index contributed by atoms with van der Waals surface area (Å²) >= 11 is 4.93. The van der Waals surface area contributed by atoms with Gasteiger partial charge in [0.2, 0.25) is 0 Å². The summed E-state index contributed by atoms with van der Waals surface area (Å²) in [6.07, 6.45) is 5.54. The molecular formula is C16H12BrN3OS. The van der Waals surface area contributed by atoms with Crippen molar-refractivity contribution in [2.24, 2.45) is 5.10 Å². The maximum atomic E-state index is 12.0. The van der Waals surface area contributed by atoms with Gasteiger partial charge in [0.1, 0.15) is 0 Å². The van der Waals surface area contributed by atoms with Gasteiger partial charge in [-0.15, -0.1) is 11.3 Å². The van der Waals surface area contributed by atoms with Gasteiger partial charge in [-0.25, -0.2) is 5.43 Å². The molecule has 0 aliphatic carbocycles. The van der Waals surface area contributed by atoms with Crippen LogP contribution in [0.4, 0.5) is 0 Å². The fraction of sp³-hybridized carbons (Fsp3) is 0. The standard InChI is InChI=1S/C16H12BrN3OS/c17-15-8-7-14(22-15)11-18-19-16(21)12-3-5-13(6-4-12)20-9-1-2-10-20/h1-11H,(H,19,21)/b18-11+. The van der Waals surface area contributed by atoms with E-state index in [1.807, 2.05) is 53.4 Å². The smallest absolute Gasteiger partial charge is 0.271 e. The summed E-state index contributed by atoms with van der Waals surface area (Å²) in [4.78, 5) is 13.0. The zero-order valence-electron chi connectivity index (χ0n) is 11.4. The zero-order valence-corrected chi connectivity index (χ0v) is 13.8. The van der Waals surface area contributed by atoms with Crippen LogP contribution in [-0.2, 0) is 0 Å². The average molecular weight is 374 g/mol. The molecule has 1 aromatic carbocycles. The molecule has 0 saturated heterocycles. The van der Waals surface area contributed by atoms with E-state index in [1.165, 1.54) is 0 Å². The maximum Gasteiger partial charge on any atom is 0.271 e. The van der Waals surface area contributed by atoms with Crippen molar-refractivity contribution < 1.29 is 4.79 Å². The predicted molar refractivity (Wildman–Crippen MR) is 92.8 cm³/mol. The van der Waals surface area contributed by atoms with Crippen LogP contribution in [0.5, 0.6) is 0 Å². The number of thiophene rings is 1. The van der Waals surface area contributed by atoms with E-state index < -0.39 is 0 Å². The Hall–Kier alpha value is -2.18. The number of benzene rings is 1. The summed E-state index contributed by atoms with van der Waals surface area (Å²) < 4.78 is 3.01. The van der Waals surface area contributed by atoms with Crippen LogP contribution in [0.1, 0.15) is 15.2 Å². The lowest BCUT2D eigenvalue weighted by Gasteiger charge is -2.04. The molecule has 0 radical (unpaired) electrons. The molecule has 0 spiro atoms. The highest BCUT2D eigenvalue weighted by Crippen LogP contribution is 2.20. The van der Waals surface area contributed by atoms with Gasteiger partial charge in [-0.2, -0.15) is 5.10 Å². The Morgan fingerprint density at radius 1 is 1.14 bits per heavy atom. The lowest BCUT2D eigenvalue weighted by molar-refractivity contribution is 0.0955. The van der Waals surface area contributed by atoms with Gasteiger partial charge in [0.25, 0.3) is 5.91 Å². The molecule has 0 unspecified atom stereocenters. The van der Waals surface area contributed by atoms with Gasteiger partial charge < -0.3 is 4.57 Å². The average Bonchev–Trinajstić information content (AvgIpc) is 3.19. The Kier molecular flexibility index (Phi) is 4.50. The van der Waals surface area contributed by atoms with Crippen LogP contribution in [0, 0.1) is 0 Å². The molecule has 6 heteroatoms. The molecule has 0 saturated carbocycles. The van der Waals surface area contributed by atoms with E-state index in [2.05, 4.69) is 26.5 Å². The lowest BCUT2D eigenvalue weighted by atomic mass is 10.2. The Labute approximate surface area is 140 Å². The van der Waals surface area contributed by atoms with E-state index in [-0.39, 0.29) is 5.91 Å². The molecule has 0 fully saturated rings. The number of carbonyl (C=O) groups excluding carboxylic acids is 1. The highest BCUT2D eigenvalue weighted by Gasteiger charge is 2.04. The second-order valence-corrected chi connectivity index (χ2v) is 6.97. The van der Waals surface area contributed by atoms with Crippen molar-refractivity contribution in [1.82, 2.24) is 9.99 Å². The molecule has 0 aliphatic rings. The van der Waals surface area contributed by atoms with E-state index in [0.29, 0.717) is 5.56 Å². The Morgan fingerprint density at radius 3 is 2.50 bits per heavy atom. The Balaban J connectivity index is 1.64. The number of halogens is 1. The number of hydrogen-bond donors (Lipinski definition) is 1. The van der Waals surface area contributed by atoms with Crippen LogP contribution < -0.4 is 5.43 Å². The third-order valence-corrected chi connectivity index (χ3v) is 4.54. The largest absolute Gasteiger partial charge is 0.324 e. The molecule has 3 aromatic rings. The van der Waals surface area contributed by atoms with Crippen molar-refractivity contribution in [2.75, 3.05) is 0 Å². The molecule has 110 valence electrons. The zero-order chi connectivity index (χ0) is 15.4. The molecule has 3 rings (SSSR count). The third-order valence-electron chi connectivity index (χ3n) is 2.98. The number of aromatic nitrogens is 1. The van der Waals surface area contributed by atoms with E-state index in [4.69, 9.17) is 0 Å². The van der Waals surface area contributed by atoms with Gasteiger partial charge in [-0.1, -0.05) is 0 Å². The first-order valence-electron chi connectivity index (χ1n) is 6.54. The Bertz CT molecular complexity index is 791. The van der Waals surface area contributed by atoms with Crippen LogP contribution in [0.25, 0.3) is 5.69 Å². The number of hydrogen-bond acceptors (Lipinski definition) is 3. The highest BCUT2D eigenvalue weighted by atomic mass is 79.9. The van der Waals surface area contributed by atoms with Gasteiger partial charge in [-0.3, -0.25) is 4.79 Å². The quantitative estimate of drug-likeness (QED) is 0.543. The summed E-state index contributed by atoms with van der Waals surface area (Å²) in [5, 5.41) is 3.96. The monoisotopic (exact) mass is 373 g/mol. The van der Waals surface area contributed by atoms with Crippen molar-refractivity contribution in [1.29, 1.82) is 0 Å². The highest BCUT2D eigenvalue weighted by molar-refractivity contribution is 9.11. The number of hydrazone groups is 1. The van der Waals surface area contributed by atoms with Crippen molar-refractivity contribution in [3.05, 3.63) is 75.2 Å². The molecule has 2 aromatic heterocycles. The molecule has 4 nitrogen and oxygen atoms in total. The first-order chi connectivity index (χ1) is 10.7. The number of rotatable bonds is 4. The third kappa shape index (κ3) is 3.52. The van der Waals surface area contributed by atoms with Crippen molar-refractivity contribution >= 4 is 39.4 Å². The van der Waals surface area contributed by atoms with Gasteiger partial charge in [0, 0.05) is 28.5 Å². The molecule has 1 amide bonds. The molecule has 0 atom stereocenters. The predicted octanol–water partition coefficient (Wildman–Crippen LogP) is 4.07. The topological polar surface area (TPSA) is 46.4 Å². The summed E-state index contributed by atoms with van der Waals surface area (Å²) in [5.41, 5.74) is 4.10. The van der Waals surface area contributed by atoms with Gasteiger partial charge in [0.15, 0.2) is 0 Å². The van der Waals surface area contributed by atoms with Crippen molar-refractivity contribution in [3.8, 4) is 5.69 Å². The molecule has 0 aliphatic heterocycles. The lowest BCUT2D eigenvalue weighted by Crippen LogP contribution is -2.17. The number of carbonyl (C=O) groups is 1. The van der Waals surface area contributed by atoms with Gasteiger partial charge in [-0.05, 0) is 64.5 Å². The fourth-order valence-corrected chi connectivity index (χ4v) is 3.20. The van der Waals surface area contributed by atoms with Crippen LogP contribution in [0.3, 0.4) is 0 Å². The van der Waals surface area contributed by atoms with Crippen molar-refractivity contribution in [2.45, 2.75) is 0 Å². The van der Waals surface area contributed by atoms with E-state index in [9.17, 15) is 4.79 Å². The van der Waals surface area contributed by atoms with E-state index >= 15 is 0 Å². The minimum Gasteiger partial charge on any atom is -0.324 e. The summed E-state index contributed by atoms with van der Waals surface area (Å²) in [5.74, 6) is -0.231. The second-order valence-electron chi connectivity index (χ2n) is 4.48. The summed E-state index contributed by atoms with van der Waals surface area (Å²) in [6.45, 7) is 0. The first kappa shape index (κ1) is 14.7. The first-order valence-corrected chi connectivity index (χ1v) is 8.15. The van der Waals surface area contributed by atoms with Crippen LogP contribution in [0.2, 0.25) is 0 Å². The Morgan fingerprint density at radius 2 is 1.86 bits per heavy atom.